The maximum atomic E-state index is 5.96. The van der Waals surface area contributed by atoms with Crippen molar-refractivity contribution < 1.29 is 9.47 Å². The molecule has 4 aromatic rings. The summed E-state index contributed by atoms with van der Waals surface area (Å²) in [4.78, 5) is 6.90. The van der Waals surface area contributed by atoms with Crippen LogP contribution in [0.2, 0.25) is 0 Å². The number of nitrogens with zero attached hydrogens (tertiary/aromatic N) is 8. The molecule has 4 aliphatic heterocycles. The molecule has 10 nitrogen and oxygen atoms in total. The van der Waals surface area contributed by atoms with Crippen LogP contribution in [0.3, 0.4) is 0 Å². The Bertz CT molecular complexity index is 1350. The van der Waals surface area contributed by atoms with E-state index in [9.17, 15) is 0 Å². The van der Waals surface area contributed by atoms with E-state index in [0.717, 1.165) is 61.2 Å². The van der Waals surface area contributed by atoms with Gasteiger partial charge in [-0.15, -0.1) is 5.10 Å². The average molecular weight is 545 g/mol. The van der Waals surface area contributed by atoms with Crippen LogP contribution in [0.4, 0.5) is 0 Å². The maximum Gasteiger partial charge on any atom is 0.173 e. The highest BCUT2D eigenvalue weighted by Crippen LogP contribution is 2.33. The molecular weight excluding hydrogens is 504 g/mol. The van der Waals surface area contributed by atoms with Gasteiger partial charge in [0.2, 0.25) is 0 Å². The molecule has 8 rings (SSSR count). The van der Waals surface area contributed by atoms with E-state index in [1.165, 1.54) is 51.9 Å². The van der Waals surface area contributed by atoms with Crippen molar-refractivity contribution in [3.63, 3.8) is 0 Å². The minimum Gasteiger partial charge on any atom is -0.356 e. The summed E-state index contributed by atoms with van der Waals surface area (Å²) in [6.07, 6.45) is 7.62. The number of fused-ring (bicyclic) bond motifs is 2. The Kier molecular flexibility index (Phi) is 7.74. The second-order valence-corrected chi connectivity index (χ2v) is 11.7. The van der Waals surface area contributed by atoms with Crippen molar-refractivity contribution in [3.05, 3.63) is 48.5 Å². The van der Waals surface area contributed by atoms with E-state index < -0.39 is 0 Å². The molecule has 4 unspecified atom stereocenters. The topological polar surface area (TPSA) is 86.4 Å². The lowest BCUT2D eigenvalue weighted by Crippen LogP contribution is -2.30. The number of hydrogen-bond acceptors (Lipinski definition) is 8. The van der Waals surface area contributed by atoms with Gasteiger partial charge in [0.25, 0.3) is 0 Å². The number of aromatic nitrogens is 6. The molecular formula is C30H40N8O2. The molecule has 6 heterocycles. The van der Waals surface area contributed by atoms with Crippen LogP contribution < -0.4 is 0 Å². The van der Waals surface area contributed by atoms with Crippen molar-refractivity contribution in [3.8, 4) is 0 Å². The van der Waals surface area contributed by atoms with E-state index in [4.69, 9.17) is 9.47 Å². The van der Waals surface area contributed by atoms with Crippen LogP contribution in [-0.2, 0) is 9.47 Å². The normalized spacial score (nSPS) is 27.6. The summed E-state index contributed by atoms with van der Waals surface area (Å²) < 4.78 is 13.8. The highest BCUT2D eigenvalue weighted by molar-refractivity contribution is 5.74. The molecule has 2 aromatic heterocycles. The monoisotopic (exact) mass is 544 g/mol. The largest absolute Gasteiger partial charge is 0.356 e. The predicted molar refractivity (Wildman–Crippen MR) is 153 cm³/mol. The molecule has 40 heavy (non-hydrogen) atoms. The number of likely N-dealkylation sites (tertiary alicyclic amines) is 2. The molecule has 2 aromatic carbocycles. The SMILES string of the molecule is c1ccc2c(c1)nnn2C1OCCC1CN1CCCC1.c1ccc2nn(C3OCCC3CN3CCCC3)nc2c1. The third kappa shape index (κ3) is 5.50. The fraction of sp³-hybridized carbons (Fsp3) is 0.600. The average Bonchev–Trinajstić information content (AvgIpc) is 3.81. The number of ether oxygens (including phenoxy) is 2. The Hall–Kier alpha value is -2.92. The molecule has 0 N–H and O–H groups in total. The van der Waals surface area contributed by atoms with E-state index in [-0.39, 0.29) is 12.5 Å². The highest BCUT2D eigenvalue weighted by Gasteiger charge is 2.34. The number of benzene rings is 2. The van der Waals surface area contributed by atoms with Crippen molar-refractivity contribution in [2.75, 3.05) is 52.5 Å². The molecule has 0 amide bonds. The van der Waals surface area contributed by atoms with Gasteiger partial charge in [-0.3, -0.25) is 0 Å². The summed E-state index contributed by atoms with van der Waals surface area (Å²) in [5.74, 6) is 1.04. The van der Waals surface area contributed by atoms with Crippen LogP contribution in [0, 0.1) is 11.8 Å². The molecule has 0 saturated carbocycles. The molecule has 0 spiro atoms. The zero-order chi connectivity index (χ0) is 26.7. The van der Waals surface area contributed by atoms with Gasteiger partial charge in [-0.05, 0) is 89.0 Å². The molecule has 4 atom stereocenters. The van der Waals surface area contributed by atoms with Gasteiger partial charge in [0.15, 0.2) is 12.5 Å². The van der Waals surface area contributed by atoms with Gasteiger partial charge >= 0.3 is 0 Å². The minimum atomic E-state index is 0.00278. The Morgan fingerprint density at radius 2 is 1.18 bits per heavy atom. The Morgan fingerprint density at radius 1 is 0.650 bits per heavy atom. The number of hydrogen-bond donors (Lipinski definition) is 0. The van der Waals surface area contributed by atoms with Crippen LogP contribution in [0.25, 0.3) is 22.1 Å². The molecule has 212 valence electrons. The molecule has 4 saturated heterocycles. The summed E-state index contributed by atoms with van der Waals surface area (Å²) in [5, 5.41) is 17.7. The Balaban J connectivity index is 0.000000132. The zero-order valence-corrected chi connectivity index (χ0v) is 23.2. The van der Waals surface area contributed by atoms with Crippen LogP contribution in [0.5, 0.6) is 0 Å². The van der Waals surface area contributed by atoms with Crippen molar-refractivity contribution in [1.29, 1.82) is 0 Å². The molecule has 10 heteroatoms. The second kappa shape index (κ2) is 11.9. The lowest BCUT2D eigenvalue weighted by atomic mass is 10.1. The Morgan fingerprint density at radius 3 is 1.80 bits per heavy atom. The summed E-state index contributed by atoms with van der Waals surface area (Å²) >= 11 is 0. The van der Waals surface area contributed by atoms with Crippen LogP contribution in [-0.4, -0.2) is 92.3 Å². The third-order valence-corrected chi connectivity index (χ3v) is 8.89. The van der Waals surface area contributed by atoms with Gasteiger partial charge in [-0.1, -0.05) is 29.5 Å². The number of para-hydroxylation sites is 1. The molecule has 0 aliphatic carbocycles. The fourth-order valence-electron chi connectivity index (χ4n) is 6.78. The third-order valence-electron chi connectivity index (χ3n) is 8.89. The van der Waals surface area contributed by atoms with Crippen molar-refractivity contribution in [2.24, 2.45) is 11.8 Å². The molecule has 4 fully saturated rings. The van der Waals surface area contributed by atoms with Crippen LogP contribution >= 0.6 is 0 Å². The smallest absolute Gasteiger partial charge is 0.173 e. The van der Waals surface area contributed by atoms with E-state index in [1.54, 1.807) is 4.80 Å². The second-order valence-electron chi connectivity index (χ2n) is 11.7. The lowest BCUT2D eigenvalue weighted by molar-refractivity contribution is 0.00548. The first-order valence-electron chi connectivity index (χ1n) is 15.1. The van der Waals surface area contributed by atoms with E-state index in [0.29, 0.717) is 11.8 Å². The maximum absolute atomic E-state index is 5.96. The summed E-state index contributed by atoms with van der Waals surface area (Å²) in [5.41, 5.74) is 3.92. The van der Waals surface area contributed by atoms with Crippen molar-refractivity contribution in [1.82, 2.24) is 39.8 Å². The first-order chi connectivity index (χ1) is 19.8. The van der Waals surface area contributed by atoms with Crippen molar-refractivity contribution >= 4 is 22.1 Å². The summed E-state index contributed by atoms with van der Waals surface area (Å²) in [6.45, 7) is 8.83. The Labute approximate surface area is 235 Å². The van der Waals surface area contributed by atoms with E-state index in [2.05, 4.69) is 36.4 Å². The first-order valence-corrected chi connectivity index (χ1v) is 15.1. The predicted octanol–water partition coefficient (Wildman–Crippen LogP) is 4.12. The van der Waals surface area contributed by atoms with E-state index in [1.807, 2.05) is 47.1 Å². The summed E-state index contributed by atoms with van der Waals surface area (Å²) in [6, 6.07) is 16.1. The van der Waals surface area contributed by atoms with Crippen molar-refractivity contribution in [2.45, 2.75) is 51.0 Å². The zero-order valence-electron chi connectivity index (χ0n) is 23.2. The number of rotatable bonds is 6. The van der Waals surface area contributed by atoms with Gasteiger partial charge in [0, 0.05) is 38.1 Å². The quantitative estimate of drug-likeness (QED) is 0.358. The lowest BCUT2D eigenvalue weighted by Gasteiger charge is -2.24. The van der Waals surface area contributed by atoms with Gasteiger partial charge in [0.1, 0.15) is 16.6 Å². The fourth-order valence-corrected chi connectivity index (χ4v) is 6.78. The van der Waals surface area contributed by atoms with Crippen LogP contribution in [0.1, 0.15) is 51.0 Å². The first kappa shape index (κ1) is 26.0. The molecule has 0 radical (unpaired) electrons. The van der Waals surface area contributed by atoms with E-state index >= 15 is 0 Å². The standard InChI is InChI=1S/2C15H20N4O/c1-2-6-14-13(5-1)16-17-19(14)15-12(7-10-20-15)11-18-8-3-4-9-18;1-2-6-14-13(5-1)16-19(17-14)15-12(7-10-20-15)11-18-8-3-4-9-18/h2*1-2,5-6,12,15H,3-4,7-11H2. The highest BCUT2D eigenvalue weighted by atomic mass is 16.5. The van der Waals surface area contributed by atoms with Gasteiger partial charge in [0.05, 0.1) is 5.52 Å². The van der Waals surface area contributed by atoms with Crippen LogP contribution in [0.15, 0.2) is 48.5 Å². The van der Waals surface area contributed by atoms with Gasteiger partial charge < -0.3 is 19.3 Å². The van der Waals surface area contributed by atoms with Gasteiger partial charge in [-0.25, -0.2) is 4.68 Å². The van der Waals surface area contributed by atoms with Gasteiger partial charge in [-0.2, -0.15) is 15.0 Å². The minimum absolute atomic E-state index is 0.00278. The summed E-state index contributed by atoms with van der Waals surface area (Å²) in [7, 11) is 0. The molecule has 4 aliphatic rings. The molecule has 0 bridgehead atoms.